The summed E-state index contributed by atoms with van der Waals surface area (Å²) < 4.78 is 4.97. The van der Waals surface area contributed by atoms with Gasteiger partial charge in [-0.3, -0.25) is 10.1 Å². The Morgan fingerprint density at radius 3 is 2.89 bits per heavy atom. The lowest BCUT2D eigenvalue weighted by atomic mass is 10.2. The Morgan fingerprint density at radius 1 is 1.47 bits per heavy atom. The fourth-order valence-corrected chi connectivity index (χ4v) is 2.40. The molecule has 19 heavy (non-hydrogen) atoms. The van der Waals surface area contributed by atoms with Crippen molar-refractivity contribution >= 4 is 23.1 Å². The van der Waals surface area contributed by atoms with E-state index in [2.05, 4.69) is 5.32 Å². The number of nitro groups is 1. The maximum absolute atomic E-state index is 11.1. The molecule has 5 nitrogen and oxygen atoms in total. The lowest BCUT2D eigenvalue weighted by Gasteiger charge is -2.07. The number of methoxy groups -OCH3 is 1. The molecule has 0 bridgehead atoms. The third kappa shape index (κ3) is 5.48. The number of nitro benzene ring substituents is 1. The second-order valence-electron chi connectivity index (χ2n) is 4.08. The highest BCUT2D eigenvalue weighted by Crippen LogP contribution is 2.27. The molecule has 1 aromatic carbocycles. The zero-order chi connectivity index (χ0) is 14.1. The molecule has 0 amide bonds. The highest BCUT2D eigenvalue weighted by atomic mass is 32.2. The Bertz CT molecular complexity index is 413. The van der Waals surface area contributed by atoms with Crippen molar-refractivity contribution in [3.05, 3.63) is 33.9 Å². The molecule has 0 aliphatic heterocycles. The first-order valence-corrected chi connectivity index (χ1v) is 7.42. The SMILES string of the molecule is CCCNc1ccc(CSCCOC)cc1[N+](=O)[O-]. The molecule has 1 N–H and O–H groups in total. The van der Waals surface area contributed by atoms with Gasteiger partial charge in [0.15, 0.2) is 0 Å². The number of nitrogens with zero attached hydrogens (tertiary/aromatic N) is 1. The summed E-state index contributed by atoms with van der Waals surface area (Å²) in [6, 6.07) is 5.38. The first kappa shape index (κ1) is 15.8. The number of hydrogen-bond acceptors (Lipinski definition) is 5. The van der Waals surface area contributed by atoms with E-state index in [4.69, 9.17) is 4.74 Å². The molecular formula is C13H20N2O3S. The zero-order valence-electron chi connectivity index (χ0n) is 11.3. The number of hydrogen-bond donors (Lipinski definition) is 1. The van der Waals surface area contributed by atoms with Crippen LogP contribution in [-0.2, 0) is 10.5 Å². The maximum atomic E-state index is 11.1. The number of rotatable bonds is 9. The average molecular weight is 284 g/mol. The number of benzene rings is 1. The Kier molecular flexibility index (Phi) is 7.28. The number of thioether (sulfide) groups is 1. The van der Waals surface area contributed by atoms with Gasteiger partial charge >= 0.3 is 0 Å². The summed E-state index contributed by atoms with van der Waals surface area (Å²) in [6.07, 6.45) is 0.936. The van der Waals surface area contributed by atoms with Crippen LogP contribution >= 0.6 is 11.8 Å². The second-order valence-corrected chi connectivity index (χ2v) is 5.19. The van der Waals surface area contributed by atoms with Crippen molar-refractivity contribution in [2.75, 3.05) is 31.3 Å². The lowest BCUT2D eigenvalue weighted by Crippen LogP contribution is -2.03. The normalized spacial score (nSPS) is 10.4. The predicted molar refractivity (Wildman–Crippen MR) is 79.9 cm³/mol. The van der Waals surface area contributed by atoms with Crippen molar-refractivity contribution in [3.8, 4) is 0 Å². The Labute approximate surface area is 117 Å². The van der Waals surface area contributed by atoms with E-state index in [1.54, 1.807) is 31.0 Å². The van der Waals surface area contributed by atoms with Gasteiger partial charge in [-0.05, 0) is 18.1 Å². The molecule has 6 heteroatoms. The van der Waals surface area contributed by atoms with Gasteiger partial charge in [-0.15, -0.1) is 0 Å². The van der Waals surface area contributed by atoms with E-state index < -0.39 is 0 Å². The third-order valence-electron chi connectivity index (χ3n) is 2.52. The summed E-state index contributed by atoms with van der Waals surface area (Å²) in [5, 5.41) is 14.1. The highest BCUT2D eigenvalue weighted by Gasteiger charge is 2.13. The minimum absolute atomic E-state index is 0.151. The van der Waals surface area contributed by atoms with Crippen LogP contribution in [0.5, 0.6) is 0 Å². The van der Waals surface area contributed by atoms with Crippen LogP contribution < -0.4 is 5.32 Å². The summed E-state index contributed by atoms with van der Waals surface area (Å²) in [5.41, 5.74) is 1.71. The fraction of sp³-hybridized carbons (Fsp3) is 0.538. The monoisotopic (exact) mass is 284 g/mol. The average Bonchev–Trinajstić information content (AvgIpc) is 2.41. The minimum Gasteiger partial charge on any atom is -0.384 e. The summed E-state index contributed by atoms with van der Waals surface area (Å²) in [7, 11) is 1.67. The van der Waals surface area contributed by atoms with Gasteiger partial charge in [0, 0.05) is 31.2 Å². The minimum atomic E-state index is -0.332. The summed E-state index contributed by atoms with van der Waals surface area (Å²) in [5.74, 6) is 1.65. The van der Waals surface area contributed by atoms with E-state index >= 15 is 0 Å². The Balaban J connectivity index is 2.69. The van der Waals surface area contributed by atoms with Gasteiger partial charge in [0.1, 0.15) is 5.69 Å². The number of anilines is 1. The molecule has 0 fully saturated rings. The van der Waals surface area contributed by atoms with Gasteiger partial charge in [0.25, 0.3) is 5.69 Å². The number of nitrogens with one attached hydrogen (secondary N) is 1. The number of ether oxygens (including phenoxy) is 1. The van der Waals surface area contributed by atoms with Gasteiger partial charge in [0.05, 0.1) is 11.5 Å². The topological polar surface area (TPSA) is 64.4 Å². The van der Waals surface area contributed by atoms with Crippen LogP contribution in [0.2, 0.25) is 0 Å². The molecule has 0 heterocycles. The van der Waals surface area contributed by atoms with Crippen LogP contribution in [0.3, 0.4) is 0 Å². The van der Waals surface area contributed by atoms with Gasteiger partial charge in [0.2, 0.25) is 0 Å². The quantitative estimate of drug-likeness (QED) is 0.428. The molecule has 0 aromatic heterocycles. The van der Waals surface area contributed by atoms with E-state index in [1.165, 1.54) is 0 Å². The molecule has 0 atom stereocenters. The summed E-state index contributed by atoms with van der Waals surface area (Å²) in [6.45, 7) is 3.46. The van der Waals surface area contributed by atoms with Crippen molar-refractivity contribution in [2.24, 2.45) is 0 Å². The molecule has 1 rings (SSSR count). The van der Waals surface area contributed by atoms with Gasteiger partial charge in [-0.2, -0.15) is 11.8 Å². The van der Waals surface area contributed by atoms with E-state index in [-0.39, 0.29) is 10.6 Å². The van der Waals surface area contributed by atoms with Crippen LogP contribution in [0.25, 0.3) is 0 Å². The van der Waals surface area contributed by atoms with Crippen LogP contribution in [0.1, 0.15) is 18.9 Å². The zero-order valence-corrected chi connectivity index (χ0v) is 12.2. The second kappa shape index (κ2) is 8.77. The molecule has 0 saturated heterocycles. The molecule has 106 valence electrons. The lowest BCUT2D eigenvalue weighted by molar-refractivity contribution is -0.384. The van der Waals surface area contributed by atoms with E-state index in [0.717, 1.165) is 30.0 Å². The maximum Gasteiger partial charge on any atom is 0.292 e. The predicted octanol–water partition coefficient (Wildman–Crippen LogP) is 3.30. The smallest absolute Gasteiger partial charge is 0.292 e. The van der Waals surface area contributed by atoms with Crippen molar-refractivity contribution in [3.63, 3.8) is 0 Å². The van der Waals surface area contributed by atoms with Crippen LogP contribution in [-0.4, -0.2) is 30.9 Å². The molecule has 0 saturated carbocycles. The molecule has 0 unspecified atom stereocenters. The largest absolute Gasteiger partial charge is 0.384 e. The summed E-state index contributed by atoms with van der Waals surface area (Å²) >= 11 is 1.71. The van der Waals surface area contributed by atoms with Gasteiger partial charge < -0.3 is 10.1 Å². The molecule has 0 aliphatic carbocycles. The van der Waals surface area contributed by atoms with Gasteiger partial charge in [-0.1, -0.05) is 13.0 Å². The van der Waals surface area contributed by atoms with Crippen LogP contribution in [0, 0.1) is 10.1 Å². The summed E-state index contributed by atoms with van der Waals surface area (Å²) in [4.78, 5) is 10.7. The van der Waals surface area contributed by atoms with Crippen molar-refractivity contribution in [1.29, 1.82) is 0 Å². The molecular weight excluding hydrogens is 264 g/mol. The molecule has 0 radical (unpaired) electrons. The Morgan fingerprint density at radius 2 is 2.26 bits per heavy atom. The van der Waals surface area contributed by atoms with E-state index in [0.29, 0.717) is 12.3 Å². The van der Waals surface area contributed by atoms with E-state index in [9.17, 15) is 10.1 Å². The molecule has 1 aromatic rings. The van der Waals surface area contributed by atoms with Crippen LogP contribution in [0.15, 0.2) is 18.2 Å². The molecule has 0 spiro atoms. The fourth-order valence-electron chi connectivity index (χ4n) is 1.56. The van der Waals surface area contributed by atoms with Crippen molar-refractivity contribution in [1.82, 2.24) is 0 Å². The first-order valence-electron chi connectivity index (χ1n) is 6.27. The first-order chi connectivity index (χ1) is 9.19. The highest BCUT2D eigenvalue weighted by molar-refractivity contribution is 7.98. The van der Waals surface area contributed by atoms with Gasteiger partial charge in [-0.25, -0.2) is 0 Å². The van der Waals surface area contributed by atoms with Crippen molar-refractivity contribution < 1.29 is 9.66 Å². The Hall–Kier alpha value is -1.27. The third-order valence-corrected chi connectivity index (χ3v) is 3.52. The van der Waals surface area contributed by atoms with E-state index in [1.807, 2.05) is 13.0 Å². The van der Waals surface area contributed by atoms with Crippen LogP contribution in [0.4, 0.5) is 11.4 Å². The standard InChI is InChI=1S/C13H20N2O3S/c1-3-6-14-12-5-4-11(9-13(12)15(16)17)10-19-8-7-18-2/h4-5,9,14H,3,6-8,10H2,1-2H3. The molecule has 0 aliphatic rings. The van der Waals surface area contributed by atoms with Crippen molar-refractivity contribution in [2.45, 2.75) is 19.1 Å².